The van der Waals surface area contributed by atoms with E-state index in [4.69, 9.17) is 5.73 Å². The fraction of sp³-hybridized carbons (Fsp3) is 0.625. The van der Waals surface area contributed by atoms with Crippen molar-refractivity contribution in [3.05, 3.63) is 29.8 Å². The van der Waals surface area contributed by atoms with Gasteiger partial charge in [-0.1, -0.05) is 12.1 Å². The van der Waals surface area contributed by atoms with Gasteiger partial charge in [-0.05, 0) is 58.0 Å². The molecule has 1 aromatic rings. The van der Waals surface area contributed by atoms with Crippen molar-refractivity contribution in [2.75, 3.05) is 32.4 Å². The third-order valence-electron chi connectivity index (χ3n) is 4.35. The summed E-state index contributed by atoms with van der Waals surface area (Å²) in [6.45, 7) is 8.24. The van der Waals surface area contributed by atoms with Gasteiger partial charge in [0, 0.05) is 30.9 Å². The molecule has 1 fully saturated rings. The number of piperazine rings is 1. The zero-order chi connectivity index (χ0) is 13.8. The largest absolute Gasteiger partial charge is 0.399 e. The summed E-state index contributed by atoms with van der Waals surface area (Å²) in [5, 5.41) is 0. The van der Waals surface area contributed by atoms with Crippen LogP contribution in [-0.2, 0) is 6.42 Å². The van der Waals surface area contributed by atoms with Gasteiger partial charge in [-0.25, -0.2) is 0 Å². The fourth-order valence-electron chi connectivity index (χ4n) is 2.89. The second-order valence-corrected chi connectivity index (χ2v) is 5.97. The van der Waals surface area contributed by atoms with Crippen LogP contribution >= 0.6 is 0 Å². The van der Waals surface area contributed by atoms with E-state index in [0.717, 1.165) is 12.1 Å². The summed E-state index contributed by atoms with van der Waals surface area (Å²) in [4.78, 5) is 5.09. The van der Waals surface area contributed by atoms with Crippen LogP contribution in [0.2, 0.25) is 0 Å². The van der Waals surface area contributed by atoms with Crippen molar-refractivity contribution in [3.63, 3.8) is 0 Å². The van der Waals surface area contributed by atoms with Gasteiger partial charge in [-0.15, -0.1) is 0 Å². The highest BCUT2D eigenvalue weighted by Crippen LogP contribution is 2.14. The van der Waals surface area contributed by atoms with Crippen LogP contribution in [0.5, 0.6) is 0 Å². The number of rotatable bonds is 4. The van der Waals surface area contributed by atoms with E-state index in [2.05, 4.69) is 42.8 Å². The molecule has 0 bridgehead atoms. The summed E-state index contributed by atoms with van der Waals surface area (Å²) in [7, 11) is 2.24. The van der Waals surface area contributed by atoms with Gasteiger partial charge < -0.3 is 10.6 Å². The third-order valence-corrected chi connectivity index (χ3v) is 4.35. The van der Waals surface area contributed by atoms with Gasteiger partial charge in [0.25, 0.3) is 0 Å². The Hall–Kier alpha value is -1.06. The molecule has 0 radical (unpaired) electrons. The van der Waals surface area contributed by atoms with E-state index in [1.165, 1.54) is 31.6 Å². The first-order chi connectivity index (χ1) is 9.06. The third kappa shape index (κ3) is 3.95. The number of nitrogens with zero attached hydrogens (tertiary/aromatic N) is 2. The van der Waals surface area contributed by atoms with Crippen LogP contribution in [-0.4, -0.2) is 48.6 Å². The van der Waals surface area contributed by atoms with Crippen molar-refractivity contribution in [1.82, 2.24) is 9.80 Å². The number of nitrogen functional groups attached to an aromatic ring is 1. The Morgan fingerprint density at radius 3 is 2.26 bits per heavy atom. The van der Waals surface area contributed by atoms with Crippen molar-refractivity contribution in [2.45, 2.75) is 38.8 Å². The van der Waals surface area contributed by atoms with Crippen LogP contribution < -0.4 is 5.73 Å². The van der Waals surface area contributed by atoms with E-state index in [0.29, 0.717) is 12.1 Å². The number of hydrogen-bond donors (Lipinski definition) is 1. The van der Waals surface area contributed by atoms with Crippen LogP contribution in [0.25, 0.3) is 0 Å². The number of likely N-dealkylation sites (N-methyl/N-ethyl adjacent to an activating group) is 1. The zero-order valence-corrected chi connectivity index (χ0v) is 12.5. The number of hydrogen-bond acceptors (Lipinski definition) is 3. The molecule has 2 rings (SSSR count). The molecule has 1 aromatic carbocycles. The summed E-state index contributed by atoms with van der Waals surface area (Å²) in [5.41, 5.74) is 7.95. The minimum absolute atomic E-state index is 0.667. The first kappa shape index (κ1) is 14.4. The predicted octanol–water partition coefficient (Wildman–Crippen LogP) is 2.23. The SMILES string of the molecule is CC1CN(CCCc2ccc(N)cc2)CC(C)N1C. The van der Waals surface area contributed by atoms with Crippen LogP contribution in [0, 0.1) is 0 Å². The van der Waals surface area contributed by atoms with Crippen LogP contribution in [0.3, 0.4) is 0 Å². The van der Waals surface area contributed by atoms with Gasteiger partial charge >= 0.3 is 0 Å². The number of aryl methyl sites for hydroxylation is 1. The molecule has 1 heterocycles. The van der Waals surface area contributed by atoms with Crippen molar-refractivity contribution < 1.29 is 0 Å². The lowest BCUT2D eigenvalue weighted by molar-refractivity contribution is 0.0595. The highest BCUT2D eigenvalue weighted by atomic mass is 15.3. The maximum Gasteiger partial charge on any atom is 0.0314 e. The first-order valence-corrected chi connectivity index (χ1v) is 7.35. The standard InChI is InChI=1S/C16H27N3/c1-13-11-19(12-14(2)18(13)3)10-4-5-15-6-8-16(17)9-7-15/h6-9,13-14H,4-5,10-12,17H2,1-3H3. The molecule has 0 saturated carbocycles. The maximum absolute atomic E-state index is 5.70. The number of anilines is 1. The molecule has 0 spiro atoms. The Labute approximate surface area is 117 Å². The van der Waals surface area contributed by atoms with Crippen molar-refractivity contribution >= 4 is 5.69 Å². The lowest BCUT2D eigenvalue weighted by atomic mass is 10.1. The summed E-state index contributed by atoms with van der Waals surface area (Å²) in [5.74, 6) is 0. The van der Waals surface area contributed by atoms with Gasteiger partial charge in [0.2, 0.25) is 0 Å². The Bertz CT molecular complexity index is 375. The van der Waals surface area contributed by atoms with E-state index >= 15 is 0 Å². The molecular weight excluding hydrogens is 234 g/mol. The average Bonchev–Trinajstić information content (AvgIpc) is 2.38. The lowest BCUT2D eigenvalue weighted by Crippen LogP contribution is -2.54. The molecule has 1 aliphatic heterocycles. The Balaban J connectivity index is 1.75. The molecule has 106 valence electrons. The van der Waals surface area contributed by atoms with Crippen molar-refractivity contribution in [2.24, 2.45) is 0 Å². The molecule has 2 N–H and O–H groups in total. The molecule has 1 aliphatic rings. The van der Waals surface area contributed by atoms with Crippen LogP contribution in [0.1, 0.15) is 25.8 Å². The second kappa shape index (κ2) is 6.40. The highest BCUT2D eigenvalue weighted by Gasteiger charge is 2.25. The summed E-state index contributed by atoms with van der Waals surface area (Å²) >= 11 is 0. The Morgan fingerprint density at radius 2 is 1.68 bits per heavy atom. The Morgan fingerprint density at radius 1 is 1.11 bits per heavy atom. The molecule has 1 saturated heterocycles. The van der Waals surface area contributed by atoms with Crippen LogP contribution in [0.15, 0.2) is 24.3 Å². The van der Waals surface area contributed by atoms with Gasteiger partial charge in [-0.2, -0.15) is 0 Å². The average molecular weight is 261 g/mol. The quantitative estimate of drug-likeness (QED) is 0.844. The van der Waals surface area contributed by atoms with Crippen molar-refractivity contribution in [1.29, 1.82) is 0 Å². The molecule has 3 heteroatoms. The van der Waals surface area contributed by atoms with Crippen molar-refractivity contribution in [3.8, 4) is 0 Å². The maximum atomic E-state index is 5.70. The number of benzene rings is 1. The molecule has 0 aliphatic carbocycles. The highest BCUT2D eigenvalue weighted by molar-refractivity contribution is 5.39. The van der Waals surface area contributed by atoms with Gasteiger partial charge in [0.05, 0.1) is 0 Å². The molecule has 0 aromatic heterocycles. The van der Waals surface area contributed by atoms with Gasteiger partial charge in [0.1, 0.15) is 0 Å². The molecule has 19 heavy (non-hydrogen) atoms. The smallest absolute Gasteiger partial charge is 0.0314 e. The van der Waals surface area contributed by atoms with Gasteiger partial charge in [0.15, 0.2) is 0 Å². The molecule has 2 atom stereocenters. The molecule has 0 amide bonds. The summed E-state index contributed by atoms with van der Waals surface area (Å²) < 4.78 is 0. The topological polar surface area (TPSA) is 32.5 Å². The van der Waals surface area contributed by atoms with E-state index < -0.39 is 0 Å². The number of nitrogens with two attached hydrogens (primary N) is 1. The van der Waals surface area contributed by atoms with Crippen LogP contribution in [0.4, 0.5) is 5.69 Å². The van der Waals surface area contributed by atoms with E-state index in [1.807, 2.05) is 12.1 Å². The zero-order valence-electron chi connectivity index (χ0n) is 12.5. The minimum atomic E-state index is 0.667. The Kier molecular flexibility index (Phi) is 4.83. The second-order valence-electron chi connectivity index (χ2n) is 5.97. The normalized spacial score (nSPS) is 25.6. The molecule has 3 nitrogen and oxygen atoms in total. The van der Waals surface area contributed by atoms with E-state index in [-0.39, 0.29) is 0 Å². The summed E-state index contributed by atoms with van der Waals surface area (Å²) in [6, 6.07) is 9.61. The predicted molar refractivity (Wildman–Crippen MR) is 82.3 cm³/mol. The summed E-state index contributed by atoms with van der Waals surface area (Å²) in [6.07, 6.45) is 2.38. The first-order valence-electron chi connectivity index (χ1n) is 7.35. The minimum Gasteiger partial charge on any atom is -0.399 e. The fourth-order valence-corrected chi connectivity index (χ4v) is 2.89. The van der Waals surface area contributed by atoms with E-state index in [9.17, 15) is 0 Å². The lowest BCUT2D eigenvalue weighted by Gasteiger charge is -2.42. The monoisotopic (exact) mass is 261 g/mol. The molecular formula is C16H27N3. The van der Waals surface area contributed by atoms with Gasteiger partial charge in [-0.3, -0.25) is 4.90 Å². The molecule has 2 unspecified atom stereocenters. The van der Waals surface area contributed by atoms with E-state index in [1.54, 1.807) is 0 Å².